The average molecular weight is 295 g/mol. The maximum Gasteiger partial charge on any atom is 0.251 e. The zero-order valence-corrected chi connectivity index (χ0v) is 13.0. The van der Waals surface area contributed by atoms with E-state index in [9.17, 15) is 4.79 Å². The molecule has 1 amide bonds. The molecule has 0 aliphatic heterocycles. The van der Waals surface area contributed by atoms with Crippen LogP contribution >= 0.6 is 0 Å². The second-order valence-electron chi connectivity index (χ2n) is 4.62. The summed E-state index contributed by atoms with van der Waals surface area (Å²) >= 11 is 0. The largest absolute Gasteiger partial charge is 0.490 e. The van der Waals surface area contributed by atoms with Crippen LogP contribution in [0.3, 0.4) is 0 Å². The number of carbonyl (C=O) groups excluding carboxylic acids is 1. The molecule has 0 heterocycles. The van der Waals surface area contributed by atoms with Crippen LogP contribution in [-0.2, 0) is 0 Å². The van der Waals surface area contributed by atoms with Crippen molar-refractivity contribution in [3.63, 3.8) is 0 Å². The van der Waals surface area contributed by atoms with Gasteiger partial charge in [0.25, 0.3) is 5.91 Å². The number of aliphatic hydroxyl groups is 1. The molecule has 5 nitrogen and oxygen atoms in total. The summed E-state index contributed by atoms with van der Waals surface area (Å²) in [5, 5.41) is 11.9. The summed E-state index contributed by atoms with van der Waals surface area (Å²) in [5.74, 6) is 1.04. The lowest BCUT2D eigenvalue weighted by Crippen LogP contribution is -2.35. The molecule has 5 heteroatoms. The summed E-state index contributed by atoms with van der Waals surface area (Å²) in [5.41, 5.74) is 0.526. The van der Waals surface area contributed by atoms with E-state index in [0.717, 1.165) is 6.42 Å². The highest BCUT2D eigenvalue weighted by molar-refractivity contribution is 5.95. The molecule has 0 bridgehead atoms. The Morgan fingerprint density at radius 3 is 2.43 bits per heavy atom. The van der Waals surface area contributed by atoms with Crippen molar-refractivity contribution in [1.29, 1.82) is 0 Å². The van der Waals surface area contributed by atoms with Gasteiger partial charge in [-0.2, -0.15) is 0 Å². The molecule has 1 rings (SSSR count). The van der Waals surface area contributed by atoms with E-state index in [4.69, 9.17) is 14.6 Å². The van der Waals surface area contributed by atoms with E-state index in [-0.39, 0.29) is 18.6 Å². The third-order valence-corrected chi connectivity index (χ3v) is 3.11. The second-order valence-corrected chi connectivity index (χ2v) is 4.62. The molecule has 0 saturated heterocycles. The highest BCUT2D eigenvalue weighted by atomic mass is 16.5. The first kappa shape index (κ1) is 17.3. The van der Waals surface area contributed by atoms with Crippen LogP contribution in [0.1, 0.15) is 44.0 Å². The molecule has 0 radical (unpaired) electrons. The smallest absolute Gasteiger partial charge is 0.251 e. The molecule has 1 aromatic carbocycles. The molecule has 0 aromatic heterocycles. The Labute approximate surface area is 126 Å². The summed E-state index contributed by atoms with van der Waals surface area (Å²) < 4.78 is 11.0. The van der Waals surface area contributed by atoms with Gasteiger partial charge in [-0.3, -0.25) is 4.79 Å². The van der Waals surface area contributed by atoms with Gasteiger partial charge in [0.2, 0.25) is 0 Å². The minimum absolute atomic E-state index is 0.0235. The van der Waals surface area contributed by atoms with Gasteiger partial charge >= 0.3 is 0 Å². The Bertz CT molecular complexity index is 448. The second kappa shape index (κ2) is 9.23. The van der Waals surface area contributed by atoms with Crippen molar-refractivity contribution in [2.45, 2.75) is 39.7 Å². The van der Waals surface area contributed by atoms with Crippen LogP contribution in [0.5, 0.6) is 11.5 Å². The predicted octanol–water partition coefficient (Wildman–Crippen LogP) is 2.37. The molecule has 2 N–H and O–H groups in total. The first-order valence-corrected chi connectivity index (χ1v) is 7.47. The normalized spacial score (nSPS) is 11.8. The Morgan fingerprint density at radius 1 is 1.19 bits per heavy atom. The molecule has 0 spiro atoms. The van der Waals surface area contributed by atoms with Gasteiger partial charge in [-0.15, -0.1) is 0 Å². The third-order valence-electron chi connectivity index (χ3n) is 3.11. The van der Waals surface area contributed by atoms with Crippen LogP contribution in [0.25, 0.3) is 0 Å². The maximum absolute atomic E-state index is 12.2. The number of aliphatic hydroxyl groups excluding tert-OH is 1. The van der Waals surface area contributed by atoms with Crippen molar-refractivity contribution < 1.29 is 19.4 Å². The minimum atomic E-state index is -0.167. The molecular weight excluding hydrogens is 270 g/mol. The van der Waals surface area contributed by atoms with Gasteiger partial charge in [0.05, 0.1) is 13.2 Å². The summed E-state index contributed by atoms with van der Waals surface area (Å²) in [6, 6.07) is 5.13. The quantitative estimate of drug-likeness (QED) is 0.734. The number of carbonyl (C=O) groups is 1. The highest BCUT2D eigenvalue weighted by Gasteiger charge is 2.14. The fourth-order valence-electron chi connectivity index (χ4n) is 2.00. The fourth-order valence-corrected chi connectivity index (χ4v) is 2.00. The Balaban J connectivity index is 2.86. The molecule has 118 valence electrons. The van der Waals surface area contributed by atoms with Crippen LogP contribution in [0.4, 0.5) is 0 Å². The molecule has 1 aromatic rings. The van der Waals surface area contributed by atoms with Gasteiger partial charge in [-0.25, -0.2) is 0 Å². The number of hydrogen-bond acceptors (Lipinski definition) is 4. The zero-order valence-electron chi connectivity index (χ0n) is 13.0. The third kappa shape index (κ3) is 5.27. The summed E-state index contributed by atoms with van der Waals surface area (Å²) in [4.78, 5) is 12.2. The van der Waals surface area contributed by atoms with E-state index in [1.807, 2.05) is 20.8 Å². The molecule has 0 aliphatic carbocycles. The highest BCUT2D eigenvalue weighted by Crippen LogP contribution is 2.28. The van der Waals surface area contributed by atoms with Crippen LogP contribution in [0, 0.1) is 0 Å². The predicted molar refractivity (Wildman–Crippen MR) is 82.0 cm³/mol. The number of hydrogen-bond donors (Lipinski definition) is 2. The van der Waals surface area contributed by atoms with Gasteiger partial charge < -0.3 is 19.9 Å². The molecular formula is C16H25NO4. The first-order valence-electron chi connectivity index (χ1n) is 7.47. The van der Waals surface area contributed by atoms with Crippen molar-refractivity contribution in [3.05, 3.63) is 23.8 Å². The van der Waals surface area contributed by atoms with Gasteiger partial charge in [0.1, 0.15) is 0 Å². The van der Waals surface area contributed by atoms with Crippen LogP contribution in [0.2, 0.25) is 0 Å². The molecule has 0 aliphatic rings. The Morgan fingerprint density at radius 2 is 1.86 bits per heavy atom. The van der Waals surface area contributed by atoms with Crippen molar-refractivity contribution in [3.8, 4) is 11.5 Å². The van der Waals surface area contributed by atoms with E-state index in [0.29, 0.717) is 36.7 Å². The first-order chi connectivity index (χ1) is 10.2. The lowest BCUT2D eigenvalue weighted by atomic mass is 10.1. The lowest BCUT2D eigenvalue weighted by molar-refractivity contribution is 0.0928. The van der Waals surface area contributed by atoms with Gasteiger partial charge in [-0.1, -0.05) is 6.92 Å². The van der Waals surface area contributed by atoms with Crippen molar-refractivity contribution >= 4 is 5.91 Å². The summed E-state index contributed by atoms with van der Waals surface area (Å²) in [6.45, 7) is 6.87. The van der Waals surface area contributed by atoms with Crippen LogP contribution in [-0.4, -0.2) is 36.9 Å². The average Bonchev–Trinajstić information content (AvgIpc) is 2.48. The Hall–Kier alpha value is -1.75. The van der Waals surface area contributed by atoms with E-state index < -0.39 is 0 Å². The van der Waals surface area contributed by atoms with Crippen molar-refractivity contribution in [2.24, 2.45) is 0 Å². The van der Waals surface area contributed by atoms with Gasteiger partial charge in [-0.05, 0) is 44.9 Å². The van der Waals surface area contributed by atoms with E-state index in [1.165, 1.54) is 0 Å². The van der Waals surface area contributed by atoms with Crippen LogP contribution < -0.4 is 14.8 Å². The Kier molecular flexibility index (Phi) is 7.61. The summed E-state index contributed by atoms with van der Waals surface area (Å²) in [6.07, 6.45) is 1.33. The minimum Gasteiger partial charge on any atom is -0.490 e. The molecule has 21 heavy (non-hydrogen) atoms. The number of nitrogens with one attached hydrogen (secondary N) is 1. The number of benzene rings is 1. The standard InChI is InChI=1S/C16H25NO4/c1-4-13(9-10-18)17-16(19)12-7-8-14(20-5-2)15(11-12)21-6-3/h7-8,11,13,18H,4-6,9-10H2,1-3H3,(H,17,19). The lowest BCUT2D eigenvalue weighted by Gasteiger charge is -2.17. The number of amides is 1. The maximum atomic E-state index is 12.2. The molecule has 1 atom stereocenters. The van der Waals surface area contributed by atoms with E-state index in [1.54, 1.807) is 18.2 Å². The zero-order chi connectivity index (χ0) is 15.7. The monoisotopic (exact) mass is 295 g/mol. The van der Waals surface area contributed by atoms with E-state index in [2.05, 4.69) is 5.32 Å². The fraction of sp³-hybridized carbons (Fsp3) is 0.562. The number of ether oxygens (including phenoxy) is 2. The van der Waals surface area contributed by atoms with Crippen LogP contribution in [0.15, 0.2) is 18.2 Å². The number of rotatable bonds is 9. The van der Waals surface area contributed by atoms with Crippen molar-refractivity contribution in [2.75, 3.05) is 19.8 Å². The van der Waals surface area contributed by atoms with Crippen molar-refractivity contribution in [1.82, 2.24) is 5.32 Å². The topological polar surface area (TPSA) is 67.8 Å². The summed E-state index contributed by atoms with van der Waals surface area (Å²) in [7, 11) is 0. The van der Waals surface area contributed by atoms with E-state index >= 15 is 0 Å². The van der Waals surface area contributed by atoms with Gasteiger partial charge in [0.15, 0.2) is 11.5 Å². The molecule has 1 unspecified atom stereocenters. The molecule has 0 saturated carbocycles. The van der Waals surface area contributed by atoms with Gasteiger partial charge in [0, 0.05) is 18.2 Å². The molecule has 0 fully saturated rings. The SMILES string of the molecule is CCOc1ccc(C(=O)NC(CC)CCO)cc1OCC.